The summed E-state index contributed by atoms with van der Waals surface area (Å²) >= 11 is 0. The van der Waals surface area contributed by atoms with Crippen molar-refractivity contribution < 1.29 is 14.3 Å². The maximum absolute atomic E-state index is 11.4. The monoisotopic (exact) mass is 277 g/mol. The average Bonchev–Trinajstić information content (AvgIpc) is 2.42. The zero-order valence-corrected chi connectivity index (χ0v) is 12.6. The topological polar surface area (TPSA) is 38.8 Å². The molecule has 4 heteroatoms. The van der Waals surface area contributed by atoms with Crippen LogP contribution in [0.4, 0.5) is 0 Å². The summed E-state index contributed by atoms with van der Waals surface area (Å²) in [6, 6.07) is 3.80. The zero-order chi connectivity index (χ0) is 14.5. The van der Waals surface area contributed by atoms with Crippen LogP contribution in [0.1, 0.15) is 28.4 Å². The lowest BCUT2D eigenvalue weighted by molar-refractivity contribution is 0.0322. The van der Waals surface area contributed by atoms with Crippen LogP contribution in [-0.2, 0) is 4.74 Å². The highest BCUT2D eigenvalue weighted by Gasteiger charge is 2.12. The molecule has 0 unspecified atom stereocenters. The van der Waals surface area contributed by atoms with E-state index in [0.29, 0.717) is 6.61 Å². The third-order valence-corrected chi connectivity index (χ3v) is 3.62. The highest BCUT2D eigenvalue weighted by atomic mass is 16.5. The molecule has 1 heterocycles. The second kappa shape index (κ2) is 6.86. The molecule has 110 valence electrons. The summed E-state index contributed by atoms with van der Waals surface area (Å²) in [5, 5.41) is 0. The number of hydrogen-bond acceptors (Lipinski definition) is 4. The van der Waals surface area contributed by atoms with E-state index in [0.717, 1.165) is 55.3 Å². The van der Waals surface area contributed by atoms with Crippen molar-refractivity contribution in [2.45, 2.75) is 20.8 Å². The van der Waals surface area contributed by atoms with Crippen LogP contribution >= 0.6 is 0 Å². The molecular weight excluding hydrogens is 254 g/mol. The molecule has 0 aromatic heterocycles. The number of rotatable bonds is 5. The van der Waals surface area contributed by atoms with Crippen LogP contribution in [0.15, 0.2) is 12.1 Å². The minimum Gasteiger partial charge on any atom is -0.492 e. The molecule has 1 aliphatic heterocycles. The molecule has 0 aliphatic carbocycles. The van der Waals surface area contributed by atoms with Crippen molar-refractivity contribution in [3.05, 3.63) is 28.8 Å². The molecule has 0 atom stereocenters. The van der Waals surface area contributed by atoms with Crippen molar-refractivity contribution in [1.29, 1.82) is 0 Å². The van der Waals surface area contributed by atoms with E-state index in [9.17, 15) is 4.79 Å². The van der Waals surface area contributed by atoms with Crippen LogP contribution in [0.5, 0.6) is 5.75 Å². The number of carbonyl (C=O) groups is 1. The van der Waals surface area contributed by atoms with E-state index in [-0.39, 0.29) is 5.78 Å². The minimum atomic E-state index is 0.0936. The second-order valence-electron chi connectivity index (χ2n) is 5.30. The maximum atomic E-state index is 11.4. The van der Waals surface area contributed by atoms with Crippen LogP contribution < -0.4 is 4.74 Å². The van der Waals surface area contributed by atoms with E-state index in [4.69, 9.17) is 9.47 Å². The van der Waals surface area contributed by atoms with Gasteiger partial charge in [0.2, 0.25) is 0 Å². The van der Waals surface area contributed by atoms with Crippen LogP contribution in [0.25, 0.3) is 0 Å². The van der Waals surface area contributed by atoms with Crippen molar-refractivity contribution in [2.75, 3.05) is 39.5 Å². The number of Topliss-reactive ketones (excluding diaryl/α,β-unsaturated/α-hetero) is 1. The molecule has 0 amide bonds. The van der Waals surface area contributed by atoms with E-state index in [1.807, 2.05) is 26.0 Å². The van der Waals surface area contributed by atoms with E-state index in [1.54, 1.807) is 6.92 Å². The molecule has 20 heavy (non-hydrogen) atoms. The van der Waals surface area contributed by atoms with Crippen LogP contribution in [0.2, 0.25) is 0 Å². The van der Waals surface area contributed by atoms with Gasteiger partial charge in [0.25, 0.3) is 0 Å². The Morgan fingerprint density at radius 2 is 1.85 bits per heavy atom. The van der Waals surface area contributed by atoms with Gasteiger partial charge in [0.05, 0.1) is 13.2 Å². The summed E-state index contributed by atoms with van der Waals surface area (Å²) in [4.78, 5) is 13.8. The molecule has 0 N–H and O–H groups in total. The van der Waals surface area contributed by atoms with Crippen LogP contribution in [-0.4, -0.2) is 50.1 Å². The quantitative estimate of drug-likeness (QED) is 0.774. The van der Waals surface area contributed by atoms with Gasteiger partial charge in [0, 0.05) is 25.2 Å². The fourth-order valence-corrected chi connectivity index (χ4v) is 2.48. The number of carbonyl (C=O) groups excluding carboxylic acids is 1. The van der Waals surface area contributed by atoms with E-state index >= 15 is 0 Å². The number of ether oxygens (including phenoxy) is 2. The predicted molar refractivity (Wildman–Crippen MR) is 78.7 cm³/mol. The van der Waals surface area contributed by atoms with Gasteiger partial charge < -0.3 is 9.47 Å². The summed E-state index contributed by atoms with van der Waals surface area (Å²) in [6.07, 6.45) is 0. The summed E-state index contributed by atoms with van der Waals surface area (Å²) < 4.78 is 11.2. The van der Waals surface area contributed by atoms with Gasteiger partial charge in [-0.1, -0.05) is 0 Å². The first-order valence-electron chi connectivity index (χ1n) is 7.13. The molecule has 0 bridgehead atoms. The van der Waals surface area contributed by atoms with Crippen molar-refractivity contribution >= 4 is 5.78 Å². The molecule has 0 saturated carbocycles. The lowest BCUT2D eigenvalue weighted by atomic mass is 10.0. The van der Waals surface area contributed by atoms with Gasteiger partial charge in [0.1, 0.15) is 12.4 Å². The molecule has 1 aromatic rings. The Bertz CT molecular complexity index is 456. The Morgan fingerprint density at radius 3 is 2.40 bits per heavy atom. The summed E-state index contributed by atoms with van der Waals surface area (Å²) in [7, 11) is 0. The van der Waals surface area contributed by atoms with Crippen molar-refractivity contribution in [3.63, 3.8) is 0 Å². The summed E-state index contributed by atoms with van der Waals surface area (Å²) in [5.41, 5.74) is 2.80. The molecule has 2 rings (SSSR count). The van der Waals surface area contributed by atoms with Crippen molar-refractivity contribution in [2.24, 2.45) is 0 Å². The molecule has 4 nitrogen and oxygen atoms in total. The van der Waals surface area contributed by atoms with Crippen LogP contribution in [0.3, 0.4) is 0 Å². The fraction of sp³-hybridized carbons (Fsp3) is 0.562. The number of aryl methyl sites for hydroxylation is 2. The van der Waals surface area contributed by atoms with E-state index in [1.165, 1.54) is 0 Å². The lowest BCUT2D eigenvalue weighted by Crippen LogP contribution is -2.38. The Balaban J connectivity index is 1.93. The Morgan fingerprint density at radius 1 is 1.25 bits per heavy atom. The van der Waals surface area contributed by atoms with Gasteiger partial charge in [0.15, 0.2) is 5.78 Å². The number of benzene rings is 1. The van der Waals surface area contributed by atoms with E-state index in [2.05, 4.69) is 4.90 Å². The first-order valence-corrected chi connectivity index (χ1v) is 7.13. The van der Waals surface area contributed by atoms with Gasteiger partial charge >= 0.3 is 0 Å². The molecule has 0 radical (unpaired) electrons. The Labute approximate surface area is 120 Å². The number of hydrogen-bond donors (Lipinski definition) is 0. The Hall–Kier alpha value is -1.39. The first kappa shape index (κ1) is 15.0. The number of nitrogens with zero attached hydrogens (tertiary/aromatic N) is 1. The van der Waals surface area contributed by atoms with Crippen molar-refractivity contribution in [3.8, 4) is 5.75 Å². The number of ketones is 1. The molecule has 1 aromatic carbocycles. The third kappa shape index (κ3) is 3.81. The van der Waals surface area contributed by atoms with E-state index < -0.39 is 0 Å². The average molecular weight is 277 g/mol. The lowest BCUT2D eigenvalue weighted by Gasteiger charge is -2.26. The highest BCUT2D eigenvalue weighted by Crippen LogP contribution is 2.25. The molecule has 1 aliphatic rings. The molecule has 1 saturated heterocycles. The van der Waals surface area contributed by atoms with Gasteiger partial charge in [-0.2, -0.15) is 0 Å². The zero-order valence-electron chi connectivity index (χ0n) is 12.6. The normalized spacial score (nSPS) is 16.1. The maximum Gasteiger partial charge on any atom is 0.159 e. The third-order valence-electron chi connectivity index (χ3n) is 3.62. The second-order valence-corrected chi connectivity index (χ2v) is 5.30. The van der Waals surface area contributed by atoms with Gasteiger partial charge in [-0.15, -0.1) is 0 Å². The molecule has 1 fully saturated rings. The molecule has 0 spiro atoms. The van der Waals surface area contributed by atoms with Gasteiger partial charge in [-0.05, 0) is 44.0 Å². The molecular formula is C16H23NO3. The fourth-order valence-electron chi connectivity index (χ4n) is 2.48. The Kier molecular flexibility index (Phi) is 5.15. The summed E-state index contributed by atoms with van der Waals surface area (Å²) in [6.45, 7) is 10.7. The van der Waals surface area contributed by atoms with Crippen molar-refractivity contribution in [1.82, 2.24) is 4.90 Å². The minimum absolute atomic E-state index is 0.0936. The first-order chi connectivity index (χ1) is 9.58. The SMILES string of the molecule is CC(=O)c1cc(C)c(OCCN2CCOCC2)c(C)c1. The number of morpholine rings is 1. The summed E-state index contributed by atoms with van der Waals surface area (Å²) in [5.74, 6) is 0.999. The smallest absolute Gasteiger partial charge is 0.159 e. The largest absolute Gasteiger partial charge is 0.492 e. The van der Waals surface area contributed by atoms with Crippen LogP contribution in [0, 0.1) is 13.8 Å². The highest BCUT2D eigenvalue weighted by molar-refractivity contribution is 5.94. The predicted octanol–water partition coefficient (Wildman–Crippen LogP) is 2.22. The van der Waals surface area contributed by atoms with Gasteiger partial charge in [-0.3, -0.25) is 9.69 Å². The standard InChI is InChI=1S/C16H23NO3/c1-12-10-15(14(3)18)11-13(2)16(12)20-9-6-17-4-7-19-8-5-17/h10-11H,4-9H2,1-3H3. The van der Waals surface area contributed by atoms with Gasteiger partial charge in [-0.25, -0.2) is 0 Å².